The number of carbonyl (C=O) groups excluding carboxylic acids is 2. The average molecular weight is 434 g/mol. The molecule has 0 radical (unpaired) electrons. The molecule has 0 fully saturated rings. The van der Waals surface area contributed by atoms with Crippen LogP contribution in [0, 0.1) is 5.92 Å². The summed E-state index contributed by atoms with van der Waals surface area (Å²) in [5.41, 5.74) is 5.06. The van der Waals surface area contributed by atoms with Crippen molar-refractivity contribution in [2.45, 2.75) is 33.6 Å². The summed E-state index contributed by atoms with van der Waals surface area (Å²) >= 11 is 3.29. The topological polar surface area (TPSA) is 88.4 Å². The van der Waals surface area contributed by atoms with Crippen molar-refractivity contribution in [2.75, 3.05) is 5.32 Å². The number of carbonyl (C=O) groups is 2. The van der Waals surface area contributed by atoms with Gasteiger partial charge in [-0.1, -0.05) is 26.0 Å². The zero-order valence-corrected chi connectivity index (χ0v) is 17.5. The molecule has 2 amide bonds. The van der Waals surface area contributed by atoms with Crippen LogP contribution in [0.2, 0.25) is 0 Å². The van der Waals surface area contributed by atoms with Crippen LogP contribution >= 0.6 is 15.9 Å². The van der Waals surface area contributed by atoms with E-state index in [-0.39, 0.29) is 17.7 Å². The molecule has 0 unspecified atom stereocenters. The first-order valence-electron chi connectivity index (χ1n) is 8.80. The Morgan fingerprint density at radius 1 is 1.30 bits per heavy atom. The van der Waals surface area contributed by atoms with Crippen LogP contribution in [-0.2, 0) is 11.8 Å². The molecule has 0 aliphatic carbocycles. The number of hydrogen-bond donors (Lipinski definition) is 2. The molecule has 8 heteroatoms. The van der Waals surface area contributed by atoms with E-state index in [1.165, 1.54) is 4.68 Å². The molecule has 0 bridgehead atoms. The number of halogens is 1. The van der Waals surface area contributed by atoms with Crippen LogP contribution in [0.25, 0.3) is 0 Å². The summed E-state index contributed by atoms with van der Waals surface area (Å²) in [7, 11) is 1.68. The highest BCUT2D eigenvalue weighted by Crippen LogP contribution is 2.16. The Balaban J connectivity index is 2.10. The molecule has 1 aromatic carbocycles. The molecule has 27 heavy (non-hydrogen) atoms. The highest BCUT2D eigenvalue weighted by molar-refractivity contribution is 9.10. The number of hydrogen-bond acceptors (Lipinski definition) is 4. The van der Waals surface area contributed by atoms with Gasteiger partial charge in [-0.05, 0) is 53.4 Å². The lowest BCUT2D eigenvalue weighted by Gasteiger charge is -2.13. The number of rotatable bonds is 7. The minimum absolute atomic E-state index is 0.0000463. The minimum atomic E-state index is -0.362. The smallest absolute Gasteiger partial charge is 0.290 e. The number of amides is 2. The second-order valence-corrected chi connectivity index (χ2v) is 7.04. The van der Waals surface area contributed by atoms with Gasteiger partial charge in [0, 0.05) is 18.7 Å². The molecule has 1 heterocycles. The Morgan fingerprint density at radius 2 is 2.00 bits per heavy atom. The largest absolute Gasteiger partial charge is 0.326 e. The normalized spacial score (nSPS) is 11.6. The van der Waals surface area contributed by atoms with Gasteiger partial charge in [-0.3, -0.25) is 14.3 Å². The molecular weight excluding hydrogens is 410 g/mol. The lowest BCUT2D eigenvalue weighted by atomic mass is 10.0. The number of nitrogens with zero attached hydrogens (tertiary/aromatic N) is 3. The molecule has 2 rings (SSSR count). The van der Waals surface area contributed by atoms with Gasteiger partial charge >= 0.3 is 0 Å². The molecule has 0 saturated heterocycles. The third-order valence-electron chi connectivity index (χ3n) is 4.34. The maximum absolute atomic E-state index is 12.3. The van der Waals surface area contributed by atoms with Gasteiger partial charge in [-0.15, -0.1) is 0 Å². The maximum atomic E-state index is 12.3. The quantitative estimate of drug-likeness (QED) is 0.515. The van der Waals surface area contributed by atoms with Gasteiger partial charge in [0.15, 0.2) is 0 Å². The van der Waals surface area contributed by atoms with Crippen molar-refractivity contribution in [3.8, 4) is 0 Å². The Kier molecular flexibility index (Phi) is 7.29. The molecule has 144 valence electrons. The van der Waals surface area contributed by atoms with Gasteiger partial charge in [0.25, 0.3) is 5.91 Å². The number of hydrazone groups is 1. The maximum Gasteiger partial charge on any atom is 0.290 e. The summed E-state index contributed by atoms with van der Waals surface area (Å²) in [6, 6.07) is 7.39. The van der Waals surface area contributed by atoms with E-state index in [1.54, 1.807) is 20.2 Å². The Hall–Kier alpha value is -2.48. The highest BCUT2D eigenvalue weighted by atomic mass is 79.9. The van der Waals surface area contributed by atoms with Crippen LogP contribution in [0.4, 0.5) is 5.69 Å². The highest BCUT2D eigenvalue weighted by Gasteiger charge is 2.16. The molecule has 0 aliphatic heterocycles. The van der Waals surface area contributed by atoms with E-state index >= 15 is 0 Å². The van der Waals surface area contributed by atoms with Crippen molar-refractivity contribution in [1.29, 1.82) is 0 Å². The van der Waals surface area contributed by atoms with Crippen LogP contribution in [0.5, 0.6) is 0 Å². The molecule has 0 aliphatic rings. The van der Waals surface area contributed by atoms with Crippen molar-refractivity contribution in [3.63, 3.8) is 0 Å². The first-order chi connectivity index (χ1) is 12.9. The van der Waals surface area contributed by atoms with Crippen molar-refractivity contribution >= 4 is 39.1 Å². The summed E-state index contributed by atoms with van der Waals surface area (Å²) in [6.45, 7) is 5.80. The van der Waals surface area contributed by atoms with E-state index in [4.69, 9.17) is 0 Å². The molecule has 7 nitrogen and oxygen atoms in total. The van der Waals surface area contributed by atoms with Gasteiger partial charge in [-0.2, -0.15) is 10.2 Å². The summed E-state index contributed by atoms with van der Waals surface area (Å²) in [5.74, 6) is -0.347. The molecule has 0 atom stereocenters. The van der Waals surface area contributed by atoms with Crippen molar-refractivity contribution in [3.05, 3.63) is 46.2 Å². The third-order valence-corrected chi connectivity index (χ3v) is 4.92. The number of benzene rings is 1. The van der Waals surface area contributed by atoms with Gasteiger partial charge in [0.05, 0.1) is 16.4 Å². The van der Waals surface area contributed by atoms with Crippen LogP contribution < -0.4 is 10.7 Å². The van der Waals surface area contributed by atoms with E-state index in [0.29, 0.717) is 21.6 Å². The van der Waals surface area contributed by atoms with E-state index in [0.717, 1.165) is 18.4 Å². The zero-order valence-electron chi connectivity index (χ0n) is 15.9. The number of aromatic nitrogens is 2. The standard InChI is InChI=1S/C19H24BrN5O2/c1-5-13(6-2)18(26)22-15-9-7-8-14(10-15)12(3)23-24-19(27)17-16(20)11-21-25(17)4/h7-11,13H,5-6H2,1-4H3,(H,22,26)(H,24,27)/b23-12-. The molecular formula is C19H24BrN5O2. The summed E-state index contributed by atoms with van der Waals surface area (Å²) in [5, 5.41) is 11.1. The molecule has 0 saturated carbocycles. The van der Waals surface area contributed by atoms with Gasteiger partial charge in [-0.25, -0.2) is 5.43 Å². The molecule has 1 aromatic heterocycles. The van der Waals surface area contributed by atoms with E-state index in [9.17, 15) is 9.59 Å². The molecule has 2 aromatic rings. The van der Waals surface area contributed by atoms with Crippen LogP contribution in [0.1, 0.15) is 49.7 Å². The SMILES string of the molecule is CCC(CC)C(=O)Nc1cccc(/C(C)=N\NC(=O)c2c(Br)cnn2C)c1. The first kappa shape index (κ1) is 20.8. The minimum Gasteiger partial charge on any atom is -0.326 e. The first-order valence-corrected chi connectivity index (χ1v) is 9.60. The number of aryl methyl sites for hydroxylation is 1. The second kappa shape index (κ2) is 9.45. The average Bonchev–Trinajstić information content (AvgIpc) is 2.99. The van der Waals surface area contributed by atoms with Crippen LogP contribution in [0.3, 0.4) is 0 Å². The van der Waals surface area contributed by atoms with Crippen molar-refractivity contribution in [2.24, 2.45) is 18.1 Å². The summed E-state index contributed by atoms with van der Waals surface area (Å²) in [4.78, 5) is 24.5. The second-order valence-electron chi connectivity index (χ2n) is 6.19. The fourth-order valence-electron chi connectivity index (χ4n) is 2.64. The van der Waals surface area contributed by atoms with Crippen LogP contribution in [0.15, 0.2) is 40.0 Å². The lowest BCUT2D eigenvalue weighted by molar-refractivity contribution is -0.120. The fourth-order valence-corrected chi connectivity index (χ4v) is 3.17. The van der Waals surface area contributed by atoms with Crippen molar-refractivity contribution < 1.29 is 9.59 Å². The van der Waals surface area contributed by atoms with Crippen LogP contribution in [-0.4, -0.2) is 27.3 Å². The van der Waals surface area contributed by atoms with Gasteiger partial charge in [0.2, 0.25) is 5.91 Å². The van der Waals surface area contributed by atoms with E-state index < -0.39 is 0 Å². The molecule has 0 spiro atoms. The van der Waals surface area contributed by atoms with Gasteiger partial charge < -0.3 is 5.32 Å². The molecule has 2 N–H and O–H groups in total. The number of nitrogens with one attached hydrogen (secondary N) is 2. The Morgan fingerprint density at radius 3 is 2.59 bits per heavy atom. The zero-order chi connectivity index (χ0) is 20.0. The van der Waals surface area contributed by atoms with Gasteiger partial charge in [0.1, 0.15) is 5.69 Å². The predicted octanol–water partition coefficient (Wildman–Crippen LogP) is 3.71. The predicted molar refractivity (Wildman–Crippen MR) is 110 cm³/mol. The third kappa shape index (κ3) is 5.26. The summed E-state index contributed by atoms with van der Waals surface area (Å²) in [6.07, 6.45) is 3.16. The Labute approximate surface area is 167 Å². The Bertz CT molecular complexity index is 836. The summed E-state index contributed by atoms with van der Waals surface area (Å²) < 4.78 is 2.07. The van der Waals surface area contributed by atoms with Crippen molar-refractivity contribution in [1.82, 2.24) is 15.2 Å². The number of anilines is 1. The lowest BCUT2D eigenvalue weighted by Crippen LogP contribution is -2.23. The van der Waals surface area contributed by atoms with E-state index in [2.05, 4.69) is 36.9 Å². The van der Waals surface area contributed by atoms with E-state index in [1.807, 2.05) is 38.1 Å². The fraction of sp³-hybridized carbons (Fsp3) is 0.368. The monoisotopic (exact) mass is 433 g/mol.